The summed E-state index contributed by atoms with van der Waals surface area (Å²) in [7, 11) is 0. The van der Waals surface area contributed by atoms with Gasteiger partial charge in [0, 0.05) is 50.5 Å². The van der Waals surface area contributed by atoms with Crippen LogP contribution in [0.4, 0.5) is 0 Å². The molecule has 31 heavy (non-hydrogen) atoms. The maximum atomic E-state index is 13.2. The molecule has 0 aliphatic carbocycles. The van der Waals surface area contributed by atoms with Crippen molar-refractivity contribution in [3.63, 3.8) is 0 Å². The monoisotopic (exact) mass is 420 g/mol. The molecule has 5 heteroatoms. The molecule has 2 atom stereocenters. The van der Waals surface area contributed by atoms with Crippen LogP contribution >= 0.6 is 0 Å². The maximum Gasteiger partial charge on any atom is 0.254 e. The number of para-hydroxylation sites is 1. The molecule has 2 heterocycles. The lowest BCUT2D eigenvalue weighted by Gasteiger charge is -2.39. The minimum atomic E-state index is -0.0722. The Hall–Kier alpha value is -2.82. The molecule has 2 amide bonds. The van der Waals surface area contributed by atoms with E-state index < -0.39 is 0 Å². The fourth-order valence-electron chi connectivity index (χ4n) is 4.70. The van der Waals surface area contributed by atoms with Gasteiger partial charge < -0.3 is 14.5 Å². The van der Waals surface area contributed by atoms with Crippen molar-refractivity contribution in [2.75, 3.05) is 26.2 Å². The van der Waals surface area contributed by atoms with E-state index in [1.54, 1.807) is 0 Å². The number of benzene rings is 2. The van der Waals surface area contributed by atoms with Crippen LogP contribution in [-0.4, -0.2) is 53.9 Å². The summed E-state index contributed by atoms with van der Waals surface area (Å²) in [5.41, 5.74) is 1.72. The van der Waals surface area contributed by atoms with Gasteiger partial charge in [0.05, 0.1) is 0 Å². The highest BCUT2D eigenvalue weighted by molar-refractivity contribution is 5.95. The smallest absolute Gasteiger partial charge is 0.254 e. The molecule has 0 saturated carbocycles. The van der Waals surface area contributed by atoms with Gasteiger partial charge in [-0.2, -0.15) is 0 Å². The van der Waals surface area contributed by atoms with Crippen molar-refractivity contribution in [3.05, 3.63) is 65.7 Å². The lowest BCUT2D eigenvalue weighted by atomic mass is 9.90. The zero-order chi connectivity index (χ0) is 21.6. The zero-order valence-electron chi connectivity index (χ0n) is 18.3. The van der Waals surface area contributed by atoms with Gasteiger partial charge in [-0.1, -0.05) is 36.4 Å². The SMILES string of the molecule is Cc1ccccc1C(=O)N1CC[C@H](Oc2ccccc2)[C@@H](CC(=O)N2CCCCC2)C1. The van der Waals surface area contributed by atoms with Crippen LogP contribution in [0.25, 0.3) is 0 Å². The number of amides is 2. The summed E-state index contributed by atoms with van der Waals surface area (Å²) < 4.78 is 6.30. The van der Waals surface area contributed by atoms with Crippen molar-refractivity contribution in [2.45, 2.75) is 45.1 Å². The van der Waals surface area contributed by atoms with Gasteiger partial charge in [0.15, 0.2) is 0 Å². The lowest BCUT2D eigenvalue weighted by molar-refractivity contribution is -0.134. The first-order chi connectivity index (χ1) is 15.1. The molecule has 0 spiro atoms. The number of carbonyl (C=O) groups is 2. The molecule has 0 N–H and O–H groups in total. The molecule has 2 aliphatic heterocycles. The highest BCUT2D eigenvalue weighted by Gasteiger charge is 2.36. The summed E-state index contributed by atoms with van der Waals surface area (Å²) in [5, 5.41) is 0. The van der Waals surface area contributed by atoms with E-state index >= 15 is 0 Å². The third-order valence-corrected chi connectivity index (χ3v) is 6.50. The average molecular weight is 421 g/mol. The van der Waals surface area contributed by atoms with Gasteiger partial charge in [0.2, 0.25) is 5.91 Å². The standard InChI is InChI=1S/C26H32N2O3/c1-20-10-6-7-13-23(20)26(30)28-17-14-24(31-22-11-4-2-5-12-22)21(19-28)18-25(29)27-15-8-3-9-16-27/h2,4-7,10-13,21,24H,3,8-9,14-19H2,1H3/t21-,24-/m0/s1. The van der Waals surface area contributed by atoms with Crippen LogP contribution in [0.3, 0.4) is 0 Å². The minimum absolute atomic E-state index is 0.0173. The quantitative estimate of drug-likeness (QED) is 0.724. The van der Waals surface area contributed by atoms with Crippen molar-refractivity contribution < 1.29 is 14.3 Å². The summed E-state index contributed by atoms with van der Waals surface area (Å²) in [6.45, 7) is 4.85. The molecular formula is C26H32N2O3. The van der Waals surface area contributed by atoms with Gasteiger partial charge in [-0.05, 0) is 49.9 Å². The molecule has 0 unspecified atom stereocenters. The molecule has 0 bridgehead atoms. The Balaban J connectivity index is 1.49. The van der Waals surface area contributed by atoms with E-state index in [4.69, 9.17) is 4.74 Å². The predicted molar refractivity (Wildman–Crippen MR) is 121 cm³/mol. The van der Waals surface area contributed by atoms with Gasteiger partial charge >= 0.3 is 0 Å². The van der Waals surface area contributed by atoms with Crippen molar-refractivity contribution in [2.24, 2.45) is 5.92 Å². The molecule has 2 aromatic rings. The Kier molecular flexibility index (Phi) is 6.90. The highest BCUT2D eigenvalue weighted by Crippen LogP contribution is 2.28. The first-order valence-electron chi connectivity index (χ1n) is 11.5. The molecule has 4 rings (SSSR count). The van der Waals surface area contributed by atoms with Crippen LogP contribution in [-0.2, 0) is 4.79 Å². The van der Waals surface area contributed by atoms with Gasteiger partial charge in [-0.3, -0.25) is 9.59 Å². The normalized spacial score (nSPS) is 21.6. The second-order valence-corrected chi connectivity index (χ2v) is 8.73. The Morgan fingerprint density at radius 1 is 0.903 bits per heavy atom. The van der Waals surface area contributed by atoms with E-state index in [2.05, 4.69) is 0 Å². The number of ether oxygens (including phenoxy) is 1. The second-order valence-electron chi connectivity index (χ2n) is 8.73. The molecule has 2 fully saturated rings. The number of hydrogen-bond acceptors (Lipinski definition) is 3. The van der Waals surface area contributed by atoms with Gasteiger partial charge in [0.1, 0.15) is 11.9 Å². The van der Waals surface area contributed by atoms with E-state index in [9.17, 15) is 9.59 Å². The van der Waals surface area contributed by atoms with Crippen LogP contribution in [0.1, 0.15) is 48.0 Å². The number of hydrogen-bond donors (Lipinski definition) is 0. The third kappa shape index (κ3) is 5.27. The third-order valence-electron chi connectivity index (χ3n) is 6.50. The van der Waals surface area contributed by atoms with Crippen LogP contribution in [0, 0.1) is 12.8 Å². The predicted octanol–water partition coefficient (Wildman–Crippen LogP) is 4.31. The largest absolute Gasteiger partial charge is 0.490 e. The van der Waals surface area contributed by atoms with E-state index in [0.717, 1.165) is 49.2 Å². The number of rotatable bonds is 5. The zero-order valence-corrected chi connectivity index (χ0v) is 18.3. The van der Waals surface area contributed by atoms with Crippen LogP contribution in [0.2, 0.25) is 0 Å². The van der Waals surface area contributed by atoms with Gasteiger partial charge in [-0.25, -0.2) is 0 Å². The summed E-state index contributed by atoms with van der Waals surface area (Å²) in [6.07, 6.45) is 4.44. The molecular weight excluding hydrogens is 388 g/mol. The summed E-state index contributed by atoms with van der Waals surface area (Å²) in [6, 6.07) is 17.5. The number of likely N-dealkylation sites (tertiary alicyclic amines) is 2. The first-order valence-corrected chi connectivity index (χ1v) is 11.5. The Bertz CT molecular complexity index is 893. The summed E-state index contributed by atoms with van der Waals surface area (Å²) in [4.78, 5) is 30.1. The highest BCUT2D eigenvalue weighted by atomic mass is 16.5. The van der Waals surface area contributed by atoms with E-state index in [1.807, 2.05) is 71.3 Å². The van der Waals surface area contributed by atoms with Crippen molar-refractivity contribution >= 4 is 11.8 Å². The molecule has 2 saturated heterocycles. The van der Waals surface area contributed by atoms with Crippen molar-refractivity contribution in [1.29, 1.82) is 0 Å². The number of nitrogens with zero attached hydrogens (tertiary/aromatic N) is 2. The molecule has 2 aliphatic rings. The number of piperidine rings is 2. The number of carbonyl (C=O) groups excluding carboxylic acids is 2. The minimum Gasteiger partial charge on any atom is -0.490 e. The molecule has 5 nitrogen and oxygen atoms in total. The van der Waals surface area contributed by atoms with Crippen LogP contribution < -0.4 is 4.74 Å². The molecule has 164 valence electrons. The van der Waals surface area contributed by atoms with Gasteiger partial charge in [-0.15, -0.1) is 0 Å². The fraction of sp³-hybridized carbons (Fsp3) is 0.462. The number of aryl methyl sites for hydroxylation is 1. The van der Waals surface area contributed by atoms with Gasteiger partial charge in [0.25, 0.3) is 5.91 Å². The van der Waals surface area contributed by atoms with Crippen molar-refractivity contribution in [3.8, 4) is 5.75 Å². The maximum absolute atomic E-state index is 13.2. The average Bonchev–Trinajstić information content (AvgIpc) is 2.81. The van der Waals surface area contributed by atoms with E-state index in [-0.39, 0.29) is 23.8 Å². The molecule has 2 aromatic carbocycles. The molecule has 0 radical (unpaired) electrons. The topological polar surface area (TPSA) is 49.9 Å². The van der Waals surface area contributed by atoms with Crippen molar-refractivity contribution in [1.82, 2.24) is 9.80 Å². The summed E-state index contributed by atoms with van der Waals surface area (Å²) >= 11 is 0. The molecule has 0 aromatic heterocycles. The Labute approximate surface area is 185 Å². The lowest BCUT2D eigenvalue weighted by Crippen LogP contribution is -2.50. The summed E-state index contributed by atoms with van der Waals surface area (Å²) in [5.74, 6) is 1.04. The Morgan fingerprint density at radius 3 is 2.35 bits per heavy atom. The van der Waals surface area contributed by atoms with E-state index in [1.165, 1.54) is 6.42 Å². The second kappa shape index (κ2) is 9.99. The Morgan fingerprint density at radius 2 is 1.61 bits per heavy atom. The first kappa shape index (κ1) is 21.4. The van der Waals surface area contributed by atoms with Crippen LogP contribution in [0.15, 0.2) is 54.6 Å². The van der Waals surface area contributed by atoms with E-state index in [0.29, 0.717) is 19.5 Å². The fourth-order valence-corrected chi connectivity index (χ4v) is 4.70. The van der Waals surface area contributed by atoms with Crippen LogP contribution in [0.5, 0.6) is 5.75 Å².